The third-order valence-electron chi connectivity index (χ3n) is 4.24. The lowest BCUT2D eigenvalue weighted by atomic mass is 10.1. The summed E-state index contributed by atoms with van der Waals surface area (Å²) in [5.41, 5.74) is 1.75. The number of carbonyl (C=O) groups excluding carboxylic acids is 1. The zero-order valence-electron chi connectivity index (χ0n) is 16.1. The van der Waals surface area contributed by atoms with Crippen molar-refractivity contribution in [1.29, 1.82) is 0 Å². The Balaban J connectivity index is 1.64. The van der Waals surface area contributed by atoms with Crippen LogP contribution in [0.15, 0.2) is 72.8 Å². The third kappa shape index (κ3) is 5.55. The fourth-order valence-corrected chi connectivity index (χ4v) is 2.74. The predicted octanol–water partition coefficient (Wildman–Crippen LogP) is 3.83. The fourth-order valence-electron chi connectivity index (χ4n) is 2.74. The molecule has 1 amide bonds. The number of nitrogens with one attached hydrogen (secondary N) is 2. The normalized spacial score (nSPS) is 10.3. The molecule has 0 aromatic heterocycles. The zero-order chi connectivity index (χ0) is 21.3. The number of rotatable bonds is 9. The highest BCUT2D eigenvalue weighted by molar-refractivity contribution is 6.05. The molecule has 0 saturated carbocycles. The molecule has 3 N–H and O–H groups in total. The number of nitro benzene ring substituents is 1. The van der Waals surface area contributed by atoms with Crippen LogP contribution in [0.5, 0.6) is 5.75 Å². The summed E-state index contributed by atoms with van der Waals surface area (Å²) in [4.78, 5) is 23.2. The highest BCUT2D eigenvalue weighted by atomic mass is 16.6. The number of hydrogen-bond acceptors (Lipinski definition) is 6. The van der Waals surface area contributed by atoms with E-state index in [0.717, 1.165) is 5.56 Å². The molecule has 30 heavy (non-hydrogen) atoms. The molecule has 8 heteroatoms. The van der Waals surface area contributed by atoms with Crippen LogP contribution in [0.2, 0.25) is 0 Å². The van der Waals surface area contributed by atoms with Crippen molar-refractivity contribution >= 4 is 23.0 Å². The molecule has 0 heterocycles. The molecule has 0 atom stereocenters. The molecule has 0 spiro atoms. The summed E-state index contributed by atoms with van der Waals surface area (Å²) in [7, 11) is 0. The average molecular weight is 407 g/mol. The molecule has 154 valence electrons. The number of amides is 1. The summed E-state index contributed by atoms with van der Waals surface area (Å²) in [5.74, 6) is 0.191. The van der Waals surface area contributed by atoms with Gasteiger partial charge in [0.1, 0.15) is 18.0 Å². The first-order valence-electron chi connectivity index (χ1n) is 9.28. The van der Waals surface area contributed by atoms with E-state index in [4.69, 9.17) is 9.84 Å². The number of anilines is 2. The van der Waals surface area contributed by atoms with Crippen LogP contribution in [-0.2, 0) is 6.61 Å². The Morgan fingerprint density at radius 3 is 2.43 bits per heavy atom. The molecule has 0 aliphatic heterocycles. The number of aliphatic hydroxyl groups excluding tert-OH is 1. The monoisotopic (exact) mass is 407 g/mol. The first-order chi connectivity index (χ1) is 14.6. The average Bonchev–Trinajstić information content (AvgIpc) is 2.77. The van der Waals surface area contributed by atoms with Crippen molar-refractivity contribution in [3.63, 3.8) is 0 Å². The maximum atomic E-state index is 12.5. The first kappa shape index (κ1) is 20.8. The van der Waals surface area contributed by atoms with Crippen LogP contribution < -0.4 is 15.4 Å². The minimum absolute atomic E-state index is 0.153. The lowest BCUT2D eigenvalue weighted by molar-refractivity contribution is -0.384. The van der Waals surface area contributed by atoms with Gasteiger partial charge in [0.05, 0.1) is 11.5 Å². The van der Waals surface area contributed by atoms with Gasteiger partial charge in [0, 0.05) is 23.9 Å². The van der Waals surface area contributed by atoms with E-state index < -0.39 is 10.8 Å². The van der Waals surface area contributed by atoms with Crippen LogP contribution in [-0.4, -0.2) is 29.1 Å². The summed E-state index contributed by atoms with van der Waals surface area (Å²) in [5, 5.41) is 25.6. The first-order valence-corrected chi connectivity index (χ1v) is 9.28. The summed E-state index contributed by atoms with van der Waals surface area (Å²) in [6.07, 6.45) is 0. The minimum atomic E-state index is -0.574. The van der Waals surface area contributed by atoms with Crippen molar-refractivity contribution in [2.45, 2.75) is 6.61 Å². The Labute approximate surface area is 173 Å². The number of ether oxygens (including phenoxy) is 1. The predicted molar refractivity (Wildman–Crippen MR) is 114 cm³/mol. The van der Waals surface area contributed by atoms with Gasteiger partial charge >= 0.3 is 0 Å². The van der Waals surface area contributed by atoms with Crippen LogP contribution in [0.25, 0.3) is 0 Å². The maximum Gasteiger partial charge on any atom is 0.293 e. The van der Waals surface area contributed by atoms with Gasteiger partial charge in [0.15, 0.2) is 0 Å². The maximum absolute atomic E-state index is 12.5. The van der Waals surface area contributed by atoms with E-state index in [1.165, 1.54) is 18.2 Å². The Bertz CT molecular complexity index is 1010. The molecule has 0 bridgehead atoms. The van der Waals surface area contributed by atoms with E-state index in [0.29, 0.717) is 18.0 Å². The Morgan fingerprint density at radius 2 is 1.77 bits per heavy atom. The van der Waals surface area contributed by atoms with E-state index in [9.17, 15) is 14.9 Å². The van der Waals surface area contributed by atoms with Crippen LogP contribution in [0.4, 0.5) is 17.1 Å². The van der Waals surface area contributed by atoms with Gasteiger partial charge in [-0.3, -0.25) is 14.9 Å². The number of nitrogens with zero attached hydrogens (tertiary/aromatic N) is 1. The quantitative estimate of drug-likeness (QED) is 0.367. The third-order valence-corrected chi connectivity index (χ3v) is 4.24. The van der Waals surface area contributed by atoms with Crippen molar-refractivity contribution < 1.29 is 19.6 Å². The molecule has 0 unspecified atom stereocenters. The van der Waals surface area contributed by atoms with Gasteiger partial charge in [0.25, 0.3) is 11.6 Å². The molecule has 0 fully saturated rings. The van der Waals surface area contributed by atoms with Crippen molar-refractivity contribution in [2.75, 3.05) is 23.8 Å². The lowest BCUT2D eigenvalue weighted by Crippen LogP contribution is -2.13. The van der Waals surface area contributed by atoms with Gasteiger partial charge in [-0.15, -0.1) is 0 Å². The van der Waals surface area contributed by atoms with Crippen molar-refractivity contribution in [3.05, 3.63) is 94.0 Å². The number of carbonyl (C=O) groups is 1. The van der Waals surface area contributed by atoms with E-state index in [1.807, 2.05) is 30.3 Å². The summed E-state index contributed by atoms with van der Waals surface area (Å²) >= 11 is 0. The van der Waals surface area contributed by atoms with Crippen molar-refractivity contribution in [3.8, 4) is 5.75 Å². The largest absolute Gasteiger partial charge is 0.489 e. The van der Waals surface area contributed by atoms with Crippen molar-refractivity contribution in [1.82, 2.24) is 0 Å². The Hall–Kier alpha value is -3.91. The number of aliphatic hydroxyl groups is 1. The van der Waals surface area contributed by atoms with E-state index in [2.05, 4.69) is 10.6 Å². The molecular formula is C22H21N3O5. The Morgan fingerprint density at radius 1 is 1.03 bits per heavy atom. The van der Waals surface area contributed by atoms with E-state index >= 15 is 0 Å². The highest BCUT2D eigenvalue weighted by Crippen LogP contribution is 2.26. The molecule has 3 rings (SSSR count). The summed E-state index contributed by atoms with van der Waals surface area (Å²) in [6.45, 7) is 0.447. The topological polar surface area (TPSA) is 114 Å². The standard InChI is InChI=1S/C22H21N3O5/c26-13-12-23-20-11-6-17(14-21(20)25(28)29)22(27)24-18-7-9-19(10-8-18)30-15-16-4-2-1-3-5-16/h1-11,14,23,26H,12-13,15H2,(H,24,27). The molecule has 0 saturated heterocycles. The van der Waals surface area contributed by atoms with Gasteiger partial charge in [0.2, 0.25) is 0 Å². The SMILES string of the molecule is O=C(Nc1ccc(OCc2ccccc2)cc1)c1ccc(NCCO)c([N+](=O)[O-])c1. The summed E-state index contributed by atoms with van der Waals surface area (Å²) < 4.78 is 5.71. The molecule has 8 nitrogen and oxygen atoms in total. The highest BCUT2D eigenvalue weighted by Gasteiger charge is 2.17. The Kier molecular flexibility index (Phi) is 6.96. The molecular weight excluding hydrogens is 386 g/mol. The van der Waals surface area contributed by atoms with Crippen LogP contribution in [0, 0.1) is 10.1 Å². The number of nitro groups is 1. The fraction of sp³-hybridized carbons (Fsp3) is 0.136. The van der Waals surface area contributed by atoms with Gasteiger partial charge in [-0.05, 0) is 42.0 Å². The smallest absolute Gasteiger partial charge is 0.293 e. The lowest BCUT2D eigenvalue weighted by Gasteiger charge is -2.10. The second-order valence-electron chi connectivity index (χ2n) is 6.39. The van der Waals surface area contributed by atoms with Gasteiger partial charge in [-0.2, -0.15) is 0 Å². The molecule has 3 aromatic carbocycles. The van der Waals surface area contributed by atoms with E-state index in [1.54, 1.807) is 24.3 Å². The van der Waals surface area contributed by atoms with Crippen LogP contribution >= 0.6 is 0 Å². The van der Waals surface area contributed by atoms with Gasteiger partial charge < -0.3 is 20.5 Å². The number of hydrogen-bond donors (Lipinski definition) is 3. The molecule has 0 radical (unpaired) electrons. The second kappa shape index (κ2) is 10.0. The van der Waals surface area contributed by atoms with Crippen LogP contribution in [0.1, 0.15) is 15.9 Å². The second-order valence-corrected chi connectivity index (χ2v) is 6.39. The van der Waals surface area contributed by atoms with Crippen molar-refractivity contribution in [2.24, 2.45) is 0 Å². The van der Waals surface area contributed by atoms with Gasteiger partial charge in [-0.25, -0.2) is 0 Å². The molecule has 3 aromatic rings. The molecule has 0 aliphatic rings. The van der Waals surface area contributed by atoms with E-state index in [-0.39, 0.29) is 30.1 Å². The molecule has 0 aliphatic carbocycles. The van der Waals surface area contributed by atoms with Gasteiger partial charge in [-0.1, -0.05) is 30.3 Å². The summed E-state index contributed by atoms with van der Waals surface area (Å²) in [6, 6.07) is 20.8. The zero-order valence-corrected chi connectivity index (χ0v) is 16.1. The number of benzene rings is 3. The minimum Gasteiger partial charge on any atom is -0.489 e. The van der Waals surface area contributed by atoms with Crippen LogP contribution in [0.3, 0.4) is 0 Å².